The highest BCUT2D eigenvalue weighted by Crippen LogP contribution is 2.34. The van der Waals surface area contributed by atoms with Crippen LogP contribution in [0.4, 0.5) is 5.82 Å². The lowest BCUT2D eigenvalue weighted by molar-refractivity contribution is 0.573. The Bertz CT molecular complexity index is 675. The summed E-state index contributed by atoms with van der Waals surface area (Å²) in [6, 6.07) is 8.62. The SMILES string of the molecule is CC(C)n1ccnc(NCC2Cc3ccccc32)c1=O. The molecule has 104 valence electrons. The number of hydrogen-bond acceptors (Lipinski definition) is 3. The Hall–Kier alpha value is -2.10. The Morgan fingerprint density at radius 2 is 2.20 bits per heavy atom. The second kappa shape index (κ2) is 5.12. The van der Waals surface area contributed by atoms with E-state index in [1.165, 1.54) is 11.1 Å². The molecule has 0 aliphatic heterocycles. The minimum Gasteiger partial charge on any atom is -0.365 e. The molecule has 0 fully saturated rings. The van der Waals surface area contributed by atoms with Crippen LogP contribution in [0.3, 0.4) is 0 Å². The van der Waals surface area contributed by atoms with E-state index in [1.54, 1.807) is 17.0 Å². The van der Waals surface area contributed by atoms with Crippen molar-refractivity contribution in [2.24, 2.45) is 0 Å². The lowest BCUT2D eigenvalue weighted by Crippen LogP contribution is -2.29. The molecule has 1 aromatic carbocycles. The van der Waals surface area contributed by atoms with Gasteiger partial charge in [-0.05, 0) is 31.4 Å². The molecule has 4 nitrogen and oxygen atoms in total. The molecule has 1 aromatic heterocycles. The van der Waals surface area contributed by atoms with Gasteiger partial charge < -0.3 is 9.88 Å². The predicted molar refractivity (Wildman–Crippen MR) is 80.3 cm³/mol. The molecule has 0 amide bonds. The van der Waals surface area contributed by atoms with Gasteiger partial charge in [0.15, 0.2) is 5.82 Å². The van der Waals surface area contributed by atoms with Crippen LogP contribution in [0.1, 0.15) is 36.9 Å². The number of nitrogens with one attached hydrogen (secondary N) is 1. The van der Waals surface area contributed by atoms with E-state index >= 15 is 0 Å². The van der Waals surface area contributed by atoms with E-state index in [0.717, 1.165) is 13.0 Å². The summed E-state index contributed by atoms with van der Waals surface area (Å²) in [6.07, 6.45) is 4.49. The highest BCUT2D eigenvalue weighted by atomic mass is 16.1. The summed E-state index contributed by atoms with van der Waals surface area (Å²) in [5, 5.41) is 3.21. The molecule has 0 radical (unpaired) electrons. The molecule has 1 N–H and O–H groups in total. The van der Waals surface area contributed by atoms with Crippen LogP contribution < -0.4 is 10.9 Å². The summed E-state index contributed by atoms with van der Waals surface area (Å²) >= 11 is 0. The van der Waals surface area contributed by atoms with Gasteiger partial charge in [0, 0.05) is 30.9 Å². The normalized spacial score (nSPS) is 16.6. The Balaban J connectivity index is 1.72. The number of anilines is 1. The van der Waals surface area contributed by atoms with Crippen LogP contribution in [0.15, 0.2) is 41.5 Å². The molecule has 0 bridgehead atoms. The van der Waals surface area contributed by atoms with Gasteiger partial charge in [0.2, 0.25) is 0 Å². The highest BCUT2D eigenvalue weighted by Gasteiger charge is 2.25. The predicted octanol–water partition coefficient (Wildman–Crippen LogP) is 2.58. The zero-order chi connectivity index (χ0) is 14.1. The average molecular weight is 269 g/mol. The van der Waals surface area contributed by atoms with Crippen LogP contribution in [-0.2, 0) is 6.42 Å². The molecule has 3 rings (SSSR count). The molecule has 0 spiro atoms. The monoisotopic (exact) mass is 269 g/mol. The van der Waals surface area contributed by atoms with Gasteiger partial charge in [-0.1, -0.05) is 24.3 Å². The molecular formula is C16H19N3O. The van der Waals surface area contributed by atoms with E-state index in [-0.39, 0.29) is 11.6 Å². The Labute approximate surface area is 118 Å². The van der Waals surface area contributed by atoms with E-state index in [0.29, 0.717) is 11.7 Å². The second-order valence-electron chi connectivity index (χ2n) is 5.56. The zero-order valence-electron chi connectivity index (χ0n) is 11.8. The van der Waals surface area contributed by atoms with Crippen LogP contribution in [0.25, 0.3) is 0 Å². The fraction of sp³-hybridized carbons (Fsp3) is 0.375. The summed E-state index contributed by atoms with van der Waals surface area (Å²) in [5.41, 5.74) is 2.76. The van der Waals surface area contributed by atoms with Gasteiger partial charge in [-0.3, -0.25) is 4.79 Å². The summed E-state index contributed by atoms with van der Waals surface area (Å²) in [4.78, 5) is 16.4. The van der Waals surface area contributed by atoms with Gasteiger partial charge in [-0.2, -0.15) is 0 Å². The summed E-state index contributed by atoms with van der Waals surface area (Å²) < 4.78 is 1.70. The molecule has 1 atom stereocenters. The smallest absolute Gasteiger partial charge is 0.293 e. The first-order valence-corrected chi connectivity index (χ1v) is 7.05. The van der Waals surface area contributed by atoms with Crippen molar-refractivity contribution in [2.75, 3.05) is 11.9 Å². The number of nitrogens with zero attached hydrogens (tertiary/aromatic N) is 2. The minimum absolute atomic E-state index is 0.0462. The van der Waals surface area contributed by atoms with Crippen LogP contribution >= 0.6 is 0 Å². The quantitative estimate of drug-likeness (QED) is 0.928. The van der Waals surface area contributed by atoms with E-state index in [4.69, 9.17) is 0 Å². The van der Waals surface area contributed by atoms with Crippen LogP contribution in [0.5, 0.6) is 0 Å². The molecular weight excluding hydrogens is 250 g/mol. The maximum Gasteiger partial charge on any atom is 0.293 e. The largest absolute Gasteiger partial charge is 0.365 e. The van der Waals surface area contributed by atoms with Gasteiger partial charge in [0.25, 0.3) is 5.56 Å². The topological polar surface area (TPSA) is 46.9 Å². The summed E-state index contributed by atoms with van der Waals surface area (Å²) in [6.45, 7) is 4.75. The van der Waals surface area contributed by atoms with Gasteiger partial charge in [-0.15, -0.1) is 0 Å². The van der Waals surface area contributed by atoms with Crippen molar-refractivity contribution >= 4 is 5.82 Å². The lowest BCUT2D eigenvalue weighted by Gasteiger charge is -2.30. The molecule has 1 aliphatic rings. The average Bonchev–Trinajstić information content (AvgIpc) is 2.41. The van der Waals surface area contributed by atoms with Crippen molar-refractivity contribution < 1.29 is 0 Å². The van der Waals surface area contributed by atoms with E-state index < -0.39 is 0 Å². The van der Waals surface area contributed by atoms with Gasteiger partial charge in [0.1, 0.15) is 0 Å². The fourth-order valence-electron chi connectivity index (χ4n) is 2.72. The molecule has 2 aromatic rings. The number of benzene rings is 1. The van der Waals surface area contributed by atoms with Crippen molar-refractivity contribution in [1.82, 2.24) is 9.55 Å². The molecule has 1 unspecified atom stereocenters. The number of aromatic nitrogens is 2. The number of rotatable bonds is 4. The molecule has 1 heterocycles. The second-order valence-corrected chi connectivity index (χ2v) is 5.56. The van der Waals surface area contributed by atoms with Crippen molar-refractivity contribution in [1.29, 1.82) is 0 Å². The standard InChI is InChI=1S/C16H19N3O/c1-11(2)19-8-7-17-15(16(19)20)18-10-13-9-12-5-3-4-6-14(12)13/h3-8,11,13H,9-10H2,1-2H3,(H,17,18). The van der Waals surface area contributed by atoms with Crippen molar-refractivity contribution in [3.63, 3.8) is 0 Å². The Morgan fingerprint density at radius 1 is 1.40 bits per heavy atom. The third kappa shape index (κ3) is 2.22. The lowest BCUT2D eigenvalue weighted by atomic mass is 9.78. The van der Waals surface area contributed by atoms with Crippen LogP contribution in [0.2, 0.25) is 0 Å². The first kappa shape index (κ1) is 12.9. The summed E-state index contributed by atoms with van der Waals surface area (Å²) in [5.74, 6) is 0.936. The molecule has 4 heteroatoms. The maximum atomic E-state index is 12.2. The van der Waals surface area contributed by atoms with Gasteiger partial charge >= 0.3 is 0 Å². The molecule has 20 heavy (non-hydrogen) atoms. The zero-order valence-corrected chi connectivity index (χ0v) is 11.8. The van der Waals surface area contributed by atoms with E-state index in [9.17, 15) is 4.79 Å². The van der Waals surface area contributed by atoms with Crippen LogP contribution in [-0.4, -0.2) is 16.1 Å². The van der Waals surface area contributed by atoms with E-state index in [2.05, 4.69) is 34.6 Å². The first-order chi connectivity index (χ1) is 9.66. The van der Waals surface area contributed by atoms with Gasteiger partial charge in [-0.25, -0.2) is 4.98 Å². The Kier molecular flexibility index (Phi) is 3.30. The highest BCUT2D eigenvalue weighted by molar-refractivity contribution is 5.42. The Morgan fingerprint density at radius 3 is 2.95 bits per heavy atom. The number of hydrogen-bond donors (Lipinski definition) is 1. The van der Waals surface area contributed by atoms with Crippen LogP contribution in [0, 0.1) is 0 Å². The molecule has 1 aliphatic carbocycles. The third-order valence-electron chi connectivity index (χ3n) is 3.90. The number of fused-ring (bicyclic) bond motifs is 1. The maximum absolute atomic E-state index is 12.2. The van der Waals surface area contributed by atoms with Crippen molar-refractivity contribution in [2.45, 2.75) is 32.2 Å². The van der Waals surface area contributed by atoms with Crippen molar-refractivity contribution in [3.05, 3.63) is 58.1 Å². The molecule has 0 saturated carbocycles. The summed E-state index contributed by atoms with van der Waals surface area (Å²) in [7, 11) is 0. The van der Waals surface area contributed by atoms with Gasteiger partial charge in [0.05, 0.1) is 0 Å². The van der Waals surface area contributed by atoms with E-state index in [1.807, 2.05) is 13.8 Å². The first-order valence-electron chi connectivity index (χ1n) is 7.05. The molecule has 0 saturated heterocycles. The third-order valence-corrected chi connectivity index (χ3v) is 3.90. The minimum atomic E-state index is -0.0462. The van der Waals surface area contributed by atoms with Crippen molar-refractivity contribution in [3.8, 4) is 0 Å². The fourth-order valence-corrected chi connectivity index (χ4v) is 2.72.